The second kappa shape index (κ2) is 9.29. The second-order valence-electron chi connectivity index (χ2n) is 7.47. The number of halogens is 1. The summed E-state index contributed by atoms with van der Waals surface area (Å²) in [4.78, 5) is 21.8. The van der Waals surface area contributed by atoms with Gasteiger partial charge in [0.2, 0.25) is 10.0 Å². The highest BCUT2D eigenvalue weighted by Crippen LogP contribution is 2.32. The van der Waals surface area contributed by atoms with E-state index in [0.29, 0.717) is 44.8 Å². The number of terminal acetylenes is 1. The number of hydrogen-bond acceptors (Lipinski definition) is 5. The standard InChI is InChI=1S/C25H19FN4O3S/c1-3-13-27-25(31)18-9-12-21-22(15-18)29-24(23(28-21)16-7-10-19(26)11-8-16)17-5-4-6-20(14-17)30-34(2,32)33/h1,4-12,14-15,30H,13H2,2H3,(H,27,31). The Morgan fingerprint density at radius 1 is 0.971 bits per heavy atom. The van der Waals surface area contributed by atoms with Crippen LogP contribution < -0.4 is 10.0 Å². The van der Waals surface area contributed by atoms with Gasteiger partial charge in [0.1, 0.15) is 5.82 Å². The van der Waals surface area contributed by atoms with E-state index in [0.717, 1.165) is 6.26 Å². The van der Waals surface area contributed by atoms with Crippen molar-refractivity contribution >= 4 is 32.7 Å². The first-order valence-corrected chi connectivity index (χ1v) is 12.0. The van der Waals surface area contributed by atoms with Crippen molar-refractivity contribution in [3.63, 3.8) is 0 Å². The topological polar surface area (TPSA) is 101 Å². The highest BCUT2D eigenvalue weighted by Gasteiger charge is 2.16. The first-order chi connectivity index (χ1) is 16.2. The largest absolute Gasteiger partial charge is 0.341 e. The number of rotatable bonds is 6. The molecular weight excluding hydrogens is 455 g/mol. The fourth-order valence-electron chi connectivity index (χ4n) is 3.38. The quantitative estimate of drug-likeness (QED) is 0.414. The number of nitrogens with zero attached hydrogens (tertiary/aromatic N) is 2. The van der Waals surface area contributed by atoms with Crippen molar-refractivity contribution in [2.75, 3.05) is 17.5 Å². The van der Waals surface area contributed by atoms with Gasteiger partial charge in [0.05, 0.1) is 35.2 Å². The molecular formula is C25H19FN4O3S. The van der Waals surface area contributed by atoms with Crippen molar-refractivity contribution in [3.8, 4) is 34.9 Å². The van der Waals surface area contributed by atoms with Crippen LogP contribution in [0.2, 0.25) is 0 Å². The maximum absolute atomic E-state index is 13.5. The van der Waals surface area contributed by atoms with Gasteiger partial charge in [-0.3, -0.25) is 9.52 Å². The number of carbonyl (C=O) groups is 1. The summed E-state index contributed by atoms with van der Waals surface area (Å²) in [5.74, 6) is 1.62. The average Bonchev–Trinajstić information content (AvgIpc) is 2.81. The van der Waals surface area contributed by atoms with Gasteiger partial charge in [0.25, 0.3) is 5.91 Å². The number of amides is 1. The van der Waals surface area contributed by atoms with E-state index in [1.807, 2.05) is 0 Å². The molecule has 1 amide bonds. The van der Waals surface area contributed by atoms with Crippen LogP contribution in [0.4, 0.5) is 10.1 Å². The molecule has 0 saturated heterocycles. The van der Waals surface area contributed by atoms with E-state index in [9.17, 15) is 17.6 Å². The Balaban J connectivity index is 1.90. The molecule has 0 aliphatic heterocycles. The first-order valence-electron chi connectivity index (χ1n) is 10.1. The molecule has 0 aliphatic carbocycles. The molecule has 7 nitrogen and oxygen atoms in total. The normalized spacial score (nSPS) is 11.1. The number of anilines is 1. The van der Waals surface area contributed by atoms with Crippen molar-refractivity contribution in [1.29, 1.82) is 0 Å². The summed E-state index contributed by atoms with van der Waals surface area (Å²) in [7, 11) is -3.49. The van der Waals surface area contributed by atoms with Crippen molar-refractivity contribution in [2.45, 2.75) is 0 Å². The minimum atomic E-state index is -3.49. The summed E-state index contributed by atoms with van der Waals surface area (Å²) in [5, 5.41) is 2.61. The zero-order valence-electron chi connectivity index (χ0n) is 18.0. The Kier molecular flexibility index (Phi) is 6.25. The fourth-order valence-corrected chi connectivity index (χ4v) is 3.94. The predicted molar refractivity (Wildman–Crippen MR) is 130 cm³/mol. The van der Waals surface area contributed by atoms with Crippen LogP contribution >= 0.6 is 0 Å². The Labute approximate surface area is 196 Å². The Bertz CT molecular complexity index is 1550. The highest BCUT2D eigenvalue weighted by molar-refractivity contribution is 7.92. The maximum atomic E-state index is 13.5. The lowest BCUT2D eigenvalue weighted by molar-refractivity contribution is 0.0959. The molecule has 4 aromatic rings. The molecule has 1 aromatic heterocycles. The Morgan fingerprint density at radius 2 is 1.68 bits per heavy atom. The van der Waals surface area contributed by atoms with Crippen LogP contribution in [0.1, 0.15) is 10.4 Å². The van der Waals surface area contributed by atoms with E-state index in [4.69, 9.17) is 16.4 Å². The lowest BCUT2D eigenvalue weighted by Gasteiger charge is -2.13. The molecule has 9 heteroatoms. The summed E-state index contributed by atoms with van der Waals surface area (Å²) >= 11 is 0. The molecule has 2 N–H and O–H groups in total. The zero-order valence-corrected chi connectivity index (χ0v) is 18.9. The summed E-state index contributed by atoms with van der Waals surface area (Å²) in [6.07, 6.45) is 6.27. The smallest absolute Gasteiger partial charge is 0.252 e. The summed E-state index contributed by atoms with van der Waals surface area (Å²) in [5.41, 5.74) is 3.84. The van der Waals surface area contributed by atoms with Crippen molar-refractivity contribution in [3.05, 3.63) is 78.1 Å². The van der Waals surface area contributed by atoms with E-state index in [1.54, 1.807) is 54.6 Å². The van der Waals surface area contributed by atoms with Crippen LogP contribution in [-0.4, -0.2) is 37.1 Å². The number of nitrogens with one attached hydrogen (secondary N) is 2. The summed E-state index contributed by atoms with van der Waals surface area (Å²) in [6, 6.07) is 17.4. The molecule has 1 heterocycles. The monoisotopic (exact) mass is 474 g/mol. The fraction of sp³-hybridized carbons (Fsp3) is 0.0800. The van der Waals surface area contributed by atoms with Crippen molar-refractivity contribution in [1.82, 2.24) is 15.3 Å². The highest BCUT2D eigenvalue weighted by atomic mass is 32.2. The predicted octanol–water partition coefficient (Wildman–Crippen LogP) is 3.84. The van der Waals surface area contributed by atoms with Gasteiger partial charge in [0.15, 0.2) is 0 Å². The van der Waals surface area contributed by atoms with Crippen LogP contribution in [0, 0.1) is 18.2 Å². The number of hydrogen-bond donors (Lipinski definition) is 2. The van der Waals surface area contributed by atoms with E-state index in [1.165, 1.54) is 12.1 Å². The van der Waals surface area contributed by atoms with E-state index in [-0.39, 0.29) is 18.3 Å². The van der Waals surface area contributed by atoms with E-state index in [2.05, 4.69) is 16.0 Å². The van der Waals surface area contributed by atoms with E-state index < -0.39 is 10.0 Å². The van der Waals surface area contributed by atoms with Crippen molar-refractivity contribution in [2.24, 2.45) is 0 Å². The minimum Gasteiger partial charge on any atom is -0.341 e. The molecule has 0 fully saturated rings. The number of aromatic nitrogens is 2. The molecule has 0 radical (unpaired) electrons. The molecule has 0 aliphatic rings. The molecule has 0 spiro atoms. The van der Waals surface area contributed by atoms with Gasteiger partial charge in [0, 0.05) is 22.4 Å². The minimum absolute atomic E-state index is 0.0947. The molecule has 3 aromatic carbocycles. The van der Waals surface area contributed by atoms with Crippen LogP contribution in [0.3, 0.4) is 0 Å². The van der Waals surface area contributed by atoms with E-state index >= 15 is 0 Å². The van der Waals surface area contributed by atoms with Gasteiger partial charge in [-0.15, -0.1) is 6.42 Å². The van der Waals surface area contributed by atoms with Crippen LogP contribution in [-0.2, 0) is 10.0 Å². The van der Waals surface area contributed by atoms with Gasteiger partial charge < -0.3 is 5.32 Å². The second-order valence-corrected chi connectivity index (χ2v) is 9.22. The lowest BCUT2D eigenvalue weighted by Crippen LogP contribution is -2.23. The zero-order chi connectivity index (χ0) is 24.3. The molecule has 34 heavy (non-hydrogen) atoms. The Morgan fingerprint density at radius 3 is 2.38 bits per heavy atom. The van der Waals surface area contributed by atoms with Gasteiger partial charge in [-0.2, -0.15) is 0 Å². The van der Waals surface area contributed by atoms with Gasteiger partial charge in [-0.05, 0) is 54.6 Å². The van der Waals surface area contributed by atoms with Gasteiger partial charge >= 0.3 is 0 Å². The number of benzene rings is 3. The number of carbonyl (C=O) groups excluding carboxylic acids is 1. The van der Waals surface area contributed by atoms with Crippen molar-refractivity contribution < 1.29 is 17.6 Å². The van der Waals surface area contributed by atoms with Gasteiger partial charge in [-0.25, -0.2) is 22.8 Å². The lowest BCUT2D eigenvalue weighted by atomic mass is 10.0. The number of fused-ring (bicyclic) bond motifs is 1. The average molecular weight is 475 g/mol. The van der Waals surface area contributed by atoms with Crippen LogP contribution in [0.5, 0.6) is 0 Å². The third-order valence-electron chi connectivity index (χ3n) is 4.83. The van der Waals surface area contributed by atoms with Gasteiger partial charge in [-0.1, -0.05) is 18.1 Å². The third-order valence-corrected chi connectivity index (χ3v) is 5.44. The summed E-state index contributed by atoms with van der Waals surface area (Å²) < 4.78 is 39.4. The molecule has 0 atom stereocenters. The third kappa shape index (κ3) is 5.19. The van der Waals surface area contributed by atoms with Crippen LogP contribution in [0.25, 0.3) is 33.5 Å². The molecule has 0 bridgehead atoms. The molecule has 4 rings (SSSR count). The first kappa shape index (κ1) is 22.9. The maximum Gasteiger partial charge on any atom is 0.252 e. The SMILES string of the molecule is C#CCNC(=O)c1ccc2nc(-c3ccc(F)cc3)c(-c3cccc(NS(C)(=O)=O)c3)nc2c1. The number of sulfonamides is 1. The molecule has 0 unspecified atom stereocenters. The molecule has 0 saturated carbocycles. The van der Waals surface area contributed by atoms with Crippen LogP contribution in [0.15, 0.2) is 66.7 Å². The summed E-state index contributed by atoms with van der Waals surface area (Å²) in [6.45, 7) is 0.0947. The Hall–Kier alpha value is -4.29. The molecule has 170 valence electrons.